The number of carbonyl (C=O) groups excluding carboxylic acids is 1. The van der Waals surface area contributed by atoms with E-state index in [-0.39, 0.29) is 34.3 Å². The molecule has 0 bridgehead atoms. The molecule has 2 fully saturated rings. The van der Waals surface area contributed by atoms with E-state index >= 15 is 4.39 Å². The number of aromatic amines is 1. The maximum absolute atomic E-state index is 15.1. The van der Waals surface area contributed by atoms with E-state index in [2.05, 4.69) is 33.8 Å². The Morgan fingerprint density at radius 1 is 1.00 bits per heavy atom. The lowest BCUT2D eigenvalue weighted by Gasteiger charge is -2.41. The third-order valence-electron chi connectivity index (χ3n) is 8.73. The Labute approximate surface area is 246 Å². The van der Waals surface area contributed by atoms with Crippen LogP contribution in [0.1, 0.15) is 38.2 Å². The smallest absolute Gasteiger partial charge is 0.416 e. The van der Waals surface area contributed by atoms with Crippen molar-refractivity contribution >= 4 is 16.9 Å². The number of amides is 1. The number of hydrogen-bond acceptors (Lipinski definition) is 5. The average Bonchev–Trinajstić information content (AvgIpc) is 3.42. The van der Waals surface area contributed by atoms with Crippen LogP contribution in [0, 0.1) is 11.2 Å². The van der Waals surface area contributed by atoms with Crippen molar-refractivity contribution in [3.05, 3.63) is 66.1 Å². The van der Waals surface area contributed by atoms with Crippen molar-refractivity contribution in [1.82, 2.24) is 24.8 Å². The molecule has 0 radical (unpaired) electrons. The molecule has 2 aliphatic rings. The lowest BCUT2D eigenvalue weighted by atomic mass is 9.73. The number of carbonyl (C=O) groups is 1. The summed E-state index contributed by atoms with van der Waals surface area (Å²) in [7, 11) is 2.08. The first kappa shape index (κ1) is 29.1. The molecule has 6 rings (SSSR count). The number of imidazole rings is 1. The number of halogens is 4. The molecule has 1 amide bonds. The zero-order valence-corrected chi connectivity index (χ0v) is 24.0. The van der Waals surface area contributed by atoms with E-state index in [1.54, 1.807) is 30.5 Å². The fourth-order valence-electron chi connectivity index (χ4n) is 5.94. The maximum atomic E-state index is 15.1. The van der Waals surface area contributed by atoms with Crippen LogP contribution >= 0.6 is 0 Å². The van der Waals surface area contributed by atoms with Gasteiger partial charge in [0.1, 0.15) is 17.7 Å². The summed E-state index contributed by atoms with van der Waals surface area (Å²) in [5.74, 6) is 0.300. The zero-order valence-electron chi connectivity index (χ0n) is 24.0. The standard InChI is InChI=1S/C32H33F4N5O2/c1-31(30(42)41-15-13-40(2)14-16-41)11-9-23(10-12-31)43-28-8-4-21(19-37-28)20-3-6-24(25(33)17-20)29-38-26-7-5-22(32(34,35)36)18-27(26)39-29/h3-8,17-19,23H,9-16H2,1-2H3,(H,38,39). The number of nitrogens with one attached hydrogen (secondary N) is 1. The molecular formula is C32H33F4N5O2. The number of rotatable bonds is 5. The first-order chi connectivity index (χ1) is 20.5. The SMILES string of the molecule is CN1CCN(C(=O)C2(C)CCC(Oc3ccc(-c4ccc(-c5nc6ccc(C(F)(F)F)cc6[nH]5)c(F)c4)cn3)CC2)CC1. The van der Waals surface area contributed by atoms with Gasteiger partial charge in [-0.25, -0.2) is 14.4 Å². The maximum Gasteiger partial charge on any atom is 0.416 e. The minimum absolute atomic E-state index is 0.0283. The second-order valence-corrected chi connectivity index (χ2v) is 11.9. The largest absolute Gasteiger partial charge is 0.474 e. The predicted octanol–water partition coefficient (Wildman–Crippen LogP) is 6.55. The van der Waals surface area contributed by atoms with E-state index < -0.39 is 17.6 Å². The lowest BCUT2D eigenvalue weighted by Crippen LogP contribution is -2.52. The van der Waals surface area contributed by atoms with Crippen LogP contribution in [0.5, 0.6) is 5.88 Å². The first-order valence-corrected chi connectivity index (χ1v) is 14.5. The van der Waals surface area contributed by atoms with Crippen molar-refractivity contribution < 1.29 is 27.1 Å². The van der Waals surface area contributed by atoms with Crippen LogP contribution in [-0.4, -0.2) is 70.0 Å². The number of alkyl halides is 3. The number of hydrogen-bond donors (Lipinski definition) is 1. The number of benzene rings is 2. The molecule has 2 aromatic heterocycles. The summed E-state index contributed by atoms with van der Waals surface area (Å²) >= 11 is 0. The van der Waals surface area contributed by atoms with E-state index in [1.807, 2.05) is 4.90 Å². The Balaban J connectivity index is 1.08. The van der Waals surface area contributed by atoms with Crippen molar-refractivity contribution in [1.29, 1.82) is 0 Å². The van der Waals surface area contributed by atoms with Crippen LogP contribution < -0.4 is 4.74 Å². The summed E-state index contributed by atoms with van der Waals surface area (Å²) in [4.78, 5) is 29.0. The molecule has 4 aromatic rings. The molecular weight excluding hydrogens is 562 g/mol. The summed E-state index contributed by atoms with van der Waals surface area (Å²) in [5, 5.41) is 0. The zero-order chi connectivity index (χ0) is 30.4. The van der Waals surface area contributed by atoms with Gasteiger partial charge in [0, 0.05) is 49.4 Å². The van der Waals surface area contributed by atoms with Gasteiger partial charge in [-0.1, -0.05) is 13.0 Å². The molecule has 3 heterocycles. The molecule has 1 aliphatic heterocycles. The van der Waals surface area contributed by atoms with Gasteiger partial charge < -0.3 is 19.5 Å². The molecule has 2 aromatic carbocycles. The first-order valence-electron chi connectivity index (χ1n) is 14.5. The second-order valence-electron chi connectivity index (χ2n) is 11.9. The summed E-state index contributed by atoms with van der Waals surface area (Å²) in [6, 6.07) is 11.3. The lowest BCUT2D eigenvalue weighted by molar-refractivity contribution is -0.145. The van der Waals surface area contributed by atoms with Gasteiger partial charge in [-0.3, -0.25) is 4.79 Å². The Kier molecular flexibility index (Phi) is 7.62. The van der Waals surface area contributed by atoms with Gasteiger partial charge >= 0.3 is 6.18 Å². The summed E-state index contributed by atoms with van der Waals surface area (Å²) < 4.78 is 60.5. The predicted molar refractivity (Wildman–Crippen MR) is 155 cm³/mol. The molecule has 1 aliphatic carbocycles. The molecule has 0 spiro atoms. The number of ether oxygens (including phenoxy) is 1. The second kappa shape index (κ2) is 11.3. The quantitative estimate of drug-likeness (QED) is 0.265. The topological polar surface area (TPSA) is 74.3 Å². The van der Waals surface area contributed by atoms with Crippen molar-refractivity contribution in [2.24, 2.45) is 5.41 Å². The van der Waals surface area contributed by atoms with Crippen LogP contribution in [0.4, 0.5) is 17.6 Å². The Morgan fingerprint density at radius 2 is 1.72 bits per heavy atom. The Morgan fingerprint density at radius 3 is 2.37 bits per heavy atom. The number of pyridine rings is 1. The van der Waals surface area contributed by atoms with Gasteiger partial charge in [-0.15, -0.1) is 0 Å². The average molecular weight is 596 g/mol. The van der Waals surface area contributed by atoms with Crippen LogP contribution in [0.2, 0.25) is 0 Å². The summed E-state index contributed by atoms with van der Waals surface area (Å²) in [5.41, 5.74) is 0.754. The summed E-state index contributed by atoms with van der Waals surface area (Å²) in [6.07, 6.45) is 0.177. The third-order valence-corrected chi connectivity index (χ3v) is 8.73. The molecule has 0 unspecified atom stereocenters. The highest BCUT2D eigenvalue weighted by molar-refractivity contribution is 5.83. The van der Waals surface area contributed by atoms with Gasteiger partial charge in [-0.05, 0) is 74.7 Å². The number of fused-ring (bicyclic) bond motifs is 1. The van der Waals surface area contributed by atoms with E-state index in [0.29, 0.717) is 22.5 Å². The molecule has 7 nitrogen and oxygen atoms in total. The van der Waals surface area contributed by atoms with Gasteiger partial charge in [0.25, 0.3) is 0 Å². The van der Waals surface area contributed by atoms with Crippen LogP contribution in [0.15, 0.2) is 54.7 Å². The van der Waals surface area contributed by atoms with E-state index in [1.165, 1.54) is 12.1 Å². The van der Waals surface area contributed by atoms with Gasteiger partial charge in [0.05, 0.1) is 22.2 Å². The van der Waals surface area contributed by atoms with Gasteiger partial charge in [0.2, 0.25) is 11.8 Å². The normalized spacial score (nSPS) is 21.7. The van der Waals surface area contributed by atoms with Crippen molar-refractivity contribution in [2.45, 2.75) is 44.9 Å². The minimum Gasteiger partial charge on any atom is -0.474 e. The Hall–Kier alpha value is -3.99. The number of piperazine rings is 1. The van der Waals surface area contributed by atoms with E-state index in [0.717, 1.165) is 64.0 Å². The molecule has 1 saturated heterocycles. The van der Waals surface area contributed by atoms with Crippen LogP contribution in [0.25, 0.3) is 33.5 Å². The molecule has 1 N–H and O–H groups in total. The Bertz CT molecular complexity index is 1620. The highest BCUT2D eigenvalue weighted by atomic mass is 19.4. The fraction of sp³-hybridized carbons (Fsp3) is 0.406. The fourth-order valence-corrected chi connectivity index (χ4v) is 5.94. The number of nitrogens with zero attached hydrogens (tertiary/aromatic N) is 4. The highest BCUT2D eigenvalue weighted by Crippen LogP contribution is 2.39. The van der Waals surface area contributed by atoms with Crippen molar-refractivity contribution in [2.75, 3.05) is 33.2 Å². The molecule has 1 saturated carbocycles. The van der Waals surface area contributed by atoms with Gasteiger partial charge in [0.15, 0.2) is 0 Å². The molecule has 11 heteroatoms. The monoisotopic (exact) mass is 595 g/mol. The van der Waals surface area contributed by atoms with Crippen molar-refractivity contribution in [3.63, 3.8) is 0 Å². The van der Waals surface area contributed by atoms with E-state index in [9.17, 15) is 18.0 Å². The number of H-pyrrole nitrogens is 1. The molecule has 226 valence electrons. The molecule has 43 heavy (non-hydrogen) atoms. The van der Waals surface area contributed by atoms with E-state index in [4.69, 9.17) is 4.74 Å². The van der Waals surface area contributed by atoms with Crippen LogP contribution in [0.3, 0.4) is 0 Å². The summed E-state index contributed by atoms with van der Waals surface area (Å²) in [6.45, 7) is 5.43. The van der Waals surface area contributed by atoms with Crippen LogP contribution in [-0.2, 0) is 11.0 Å². The minimum atomic E-state index is -4.48. The number of likely N-dealkylation sites (N-methyl/N-ethyl adjacent to an activating group) is 1. The highest BCUT2D eigenvalue weighted by Gasteiger charge is 2.41. The third kappa shape index (κ3) is 6.08. The van der Waals surface area contributed by atoms with Gasteiger partial charge in [-0.2, -0.15) is 13.2 Å². The van der Waals surface area contributed by atoms with Crippen molar-refractivity contribution in [3.8, 4) is 28.4 Å². The molecule has 0 atom stereocenters. The number of aromatic nitrogens is 3.